The molecule has 158 valence electrons. The second-order valence-electron chi connectivity index (χ2n) is 8.13. The molecule has 3 nitrogen and oxygen atoms in total. The highest BCUT2D eigenvalue weighted by molar-refractivity contribution is 5.48. The summed E-state index contributed by atoms with van der Waals surface area (Å²) in [5, 5.41) is 10.3. The Hall–Kier alpha value is -3.16. The van der Waals surface area contributed by atoms with Gasteiger partial charge in [-0.2, -0.15) is 5.26 Å². The average Bonchev–Trinajstić information content (AvgIpc) is 2.84. The van der Waals surface area contributed by atoms with E-state index in [1.807, 2.05) is 48.5 Å². The minimum absolute atomic E-state index is 0.152. The molecule has 1 heterocycles. The van der Waals surface area contributed by atoms with E-state index in [2.05, 4.69) is 40.1 Å². The fraction of sp³-hybridized carbons (Fsp3) is 0.296. The Morgan fingerprint density at radius 3 is 1.87 bits per heavy atom. The van der Waals surface area contributed by atoms with Crippen molar-refractivity contribution in [2.45, 2.75) is 18.3 Å². The Morgan fingerprint density at radius 2 is 1.32 bits per heavy atom. The van der Waals surface area contributed by atoms with Crippen molar-refractivity contribution in [2.24, 2.45) is 0 Å². The van der Waals surface area contributed by atoms with Crippen molar-refractivity contribution in [1.29, 1.82) is 5.26 Å². The molecule has 1 aliphatic rings. The third-order valence-corrected chi connectivity index (χ3v) is 6.32. The van der Waals surface area contributed by atoms with Crippen LogP contribution in [0.1, 0.15) is 24.0 Å². The molecule has 0 unspecified atom stereocenters. The fourth-order valence-corrected chi connectivity index (χ4v) is 4.57. The van der Waals surface area contributed by atoms with E-state index in [0.29, 0.717) is 5.69 Å². The van der Waals surface area contributed by atoms with Gasteiger partial charge >= 0.3 is 0 Å². The third kappa shape index (κ3) is 4.62. The van der Waals surface area contributed by atoms with Crippen molar-refractivity contribution in [1.82, 2.24) is 4.90 Å². The molecule has 4 rings (SSSR count). The van der Waals surface area contributed by atoms with Crippen molar-refractivity contribution in [3.05, 3.63) is 102 Å². The Bertz CT molecular complexity index is 966. The Balaban J connectivity index is 1.40. The average molecular weight is 414 g/mol. The van der Waals surface area contributed by atoms with Crippen LogP contribution in [0.25, 0.3) is 0 Å². The van der Waals surface area contributed by atoms with Crippen molar-refractivity contribution < 1.29 is 4.39 Å². The molecular formula is C27H28FN3. The quantitative estimate of drug-likeness (QED) is 0.531. The van der Waals surface area contributed by atoms with Crippen molar-refractivity contribution in [3.63, 3.8) is 0 Å². The molecule has 3 aromatic carbocycles. The van der Waals surface area contributed by atoms with Gasteiger partial charge in [-0.15, -0.1) is 0 Å². The summed E-state index contributed by atoms with van der Waals surface area (Å²) < 4.78 is 14.1. The van der Waals surface area contributed by atoms with E-state index in [1.165, 1.54) is 6.07 Å². The summed E-state index contributed by atoms with van der Waals surface area (Å²) in [6.07, 6.45) is 1.70. The lowest BCUT2D eigenvalue weighted by molar-refractivity contribution is 0.248. The van der Waals surface area contributed by atoms with Crippen molar-refractivity contribution in [3.8, 4) is 6.07 Å². The number of rotatable bonds is 7. The number of halogens is 1. The molecule has 4 heteroatoms. The molecule has 0 saturated carbocycles. The van der Waals surface area contributed by atoms with Gasteiger partial charge in [0.1, 0.15) is 11.2 Å². The lowest BCUT2D eigenvalue weighted by Crippen LogP contribution is -2.47. The lowest BCUT2D eigenvalue weighted by atomic mass is 9.72. The summed E-state index contributed by atoms with van der Waals surface area (Å²) in [6.45, 7) is 4.40. The van der Waals surface area contributed by atoms with Gasteiger partial charge in [-0.1, -0.05) is 72.8 Å². The number of hydrogen-bond donors (Lipinski definition) is 0. The first-order chi connectivity index (χ1) is 15.2. The molecule has 0 bridgehead atoms. The largest absolute Gasteiger partial charge is 0.367 e. The summed E-state index contributed by atoms with van der Waals surface area (Å²) >= 11 is 0. The monoisotopic (exact) mass is 413 g/mol. The summed E-state index contributed by atoms with van der Waals surface area (Å²) in [7, 11) is 0. The minimum Gasteiger partial charge on any atom is -0.367 e. The SMILES string of the molecule is N#CC(CCCN1CCN(c2ccccc2F)CC1)(c1ccccc1)c1ccccc1. The first-order valence-corrected chi connectivity index (χ1v) is 11.0. The number of nitrogens with zero attached hydrogens (tertiary/aromatic N) is 3. The Morgan fingerprint density at radius 1 is 0.774 bits per heavy atom. The molecule has 3 aromatic rings. The van der Waals surface area contributed by atoms with Gasteiger partial charge in [0.15, 0.2) is 0 Å². The molecule has 0 atom stereocenters. The Kier molecular flexibility index (Phi) is 6.64. The van der Waals surface area contributed by atoms with Crippen LogP contribution in [0.3, 0.4) is 0 Å². The molecule has 31 heavy (non-hydrogen) atoms. The highest BCUT2D eigenvalue weighted by Crippen LogP contribution is 2.36. The van der Waals surface area contributed by atoms with Crippen LogP contribution < -0.4 is 4.90 Å². The fourth-order valence-electron chi connectivity index (χ4n) is 4.57. The van der Waals surface area contributed by atoms with Crippen LogP contribution >= 0.6 is 0 Å². The summed E-state index contributed by atoms with van der Waals surface area (Å²) in [4.78, 5) is 4.55. The summed E-state index contributed by atoms with van der Waals surface area (Å²) in [6, 6.07) is 29.9. The molecular weight excluding hydrogens is 385 g/mol. The summed E-state index contributed by atoms with van der Waals surface area (Å²) in [5.74, 6) is -0.152. The predicted molar refractivity (Wildman–Crippen MR) is 124 cm³/mol. The predicted octanol–water partition coefficient (Wildman–Crippen LogP) is 5.24. The maximum Gasteiger partial charge on any atom is 0.146 e. The zero-order valence-corrected chi connectivity index (χ0v) is 17.8. The third-order valence-electron chi connectivity index (χ3n) is 6.32. The van der Waals surface area contributed by atoms with Gasteiger partial charge in [-0.25, -0.2) is 4.39 Å². The molecule has 1 fully saturated rings. The molecule has 0 aromatic heterocycles. The second kappa shape index (κ2) is 9.76. The highest BCUT2D eigenvalue weighted by atomic mass is 19.1. The maximum atomic E-state index is 14.1. The van der Waals surface area contributed by atoms with Crippen LogP contribution in [0.4, 0.5) is 10.1 Å². The number of hydrogen-bond acceptors (Lipinski definition) is 3. The van der Waals surface area contributed by atoms with Crippen molar-refractivity contribution in [2.75, 3.05) is 37.6 Å². The summed E-state index contributed by atoms with van der Waals surface area (Å²) in [5.41, 5.74) is 2.15. The zero-order valence-electron chi connectivity index (χ0n) is 17.8. The first kappa shape index (κ1) is 21.1. The van der Waals surface area contributed by atoms with E-state index in [0.717, 1.165) is 56.7 Å². The lowest BCUT2D eigenvalue weighted by Gasteiger charge is -2.37. The molecule has 0 spiro atoms. The standard InChI is InChI=1S/C27H28FN3/c28-25-14-7-8-15-26(25)31-20-18-30(19-21-31)17-9-16-27(22-29,23-10-3-1-4-11-23)24-12-5-2-6-13-24/h1-8,10-15H,9,16-21H2. The molecule has 0 N–H and O–H groups in total. The number of benzene rings is 3. The molecule has 1 aliphatic heterocycles. The van der Waals surface area contributed by atoms with E-state index in [1.54, 1.807) is 6.07 Å². The molecule has 0 amide bonds. The normalized spacial score (nSPS) is 14.9. The number of nitriles is 1. The number of anilines is 1. The van der Waals surface area contributed by atoms with E-state index in [-0.39, 0.29) is 5.82 Å². The van der Waals surface area contributed by atoms with Crippen LogP contribution in [-0.2, 0) is 5.41 Å². The van der Waals surface area contributed by atoms with E-state index in [9.17, 15) is 9.65 Å². The van der Waals surface area contributed by atoms with Gasteiger partial charge in [0.2, 0.25) is 0 Å². The van der Waals surface area contributed by atoms with E-state index < -0.39 is 5.41 Å². The minimum atomic E-state index is -0.641. The Labute approximate surface area is 184 Å². The highest BCUT2D eigenvalue weighted by Gasteiger charge is 2.34. The van der Waals surface area contributed by atoms with Gasteiger partial charge in [0.25, 0.3) is 0 Å². The van der Waals surface area contributed by atoms with Gasteiger partial charge in [0.05, 0.1) is 11.8 Å². The van der Waals surface area contributed by atoms with Crippen LogP contribution in [0.2, 0.25) is 0 Å². The van der Waals surface area contributed by atoms with Gasteiger partial charge in [-0.3, -0.25) is 4.90 Å². The number of piperazine rings is 1. The number of para-hydroxylation sites is 1. The van der Waals surface area contributed by atoms with E-state index in [4.69, 9.17) is 0 Å². The second-order valence-corrected chi connectivity index (χ2v) is 8.13. The van der Waals surface area contributed by atoms with Gasteiger partial charge in [0, 0.05) is 26.2 Å². The zero-order chi connectivity index (χ0) is 21.5. The maximum absolute atomic E-state index is 14.1. The van der Waals surface area contributed by atoms with Gasteiger partial charge in [-0.05, 0) is 42.6 Å². The van der Waals surface area contributed by atoms with Crippen LogP contribution in [-0.4, -0.2) is 37.6 Å². The van der Waals surface area contributed by atoms with Crippen LogP contribution in [0.15, 0.2) is 84.9 Å². The van der Waals surface area contributed by atoms with Crippen LogP contribution in [0.5, 0.6) is 0 Å². The van der Waals surface area contributed by atoms with Crippen LogP contribution in [0, 0.1) is 17.1 Å². The van der Waals surface area contributed by atoms with E-state index >= 15 is 0 Å². The first-order valence-electron chi connectivity index (χ1n) is 11.0. The topological polar surface area (TPSA) is 30.3 Å². The van der Waals surface area contributed by atoms with Gasteiger partial charge < -0.3 is 4.90 Å². The van der Waals surface area contributed by atoms with Crippen molar-refractivity contribution >= 4 is 5.69 Å². The molecule has 0 radical (unpaired) electrons. The smallest absolute Gasteiger partial charge is 0.146 e. The molecule has 1 saturated heterocycles. The molecule has 0 aliphatic carbocycles.